The number of carbonyl (C=O) groups is 2. The first-order valence-corrected chi connectivity index (χ1v) is 9.35. The summed E-state index contributed by atoms with van der Waals surface area (Å²) in [5, 5.41) is 7.61. The molecule has 1 fully saturated rings. The van der Waals surface area contributed by atoms with Gasteiger partial charge >= 0.3 is 6.09 Å². The van der Waals surface area contributed by atoms with Gasteiger partial charge in [-0.25, -0.2) is 4.79 Å². The van der Waals surface area contributed by atoms with Crippen molar-refractivity contribution < 1.29 is 18.8 Å². The van der Waals surface area contributed by atoms with Crippen LogP contribution in [0.15, 0.2) is 34.9 Å². The zero-order valence-corrected chi connectivity index (χ0v) is 15.9. The summed E-state index contributed by atoms with van der Waals surface area (Å²) in [6.45, 7) is 3.31. The lowest BCUT2D eigenvalue weighted by molar-refractivity contribution is -0.121. The van der Waals surface area contributed by atoms with Crippen molar-refractivity contribution in [2.24, 2.45) is 0 Å². The summed E-state index contributed by atoms with van der Waals surface area (Å²) in [7, 11) is 0. The maximum absolute atomic E-state index is 12.3. The quantitative estimate of drug-likeness (QED) is 0.845. The molecule has 3 rings (SSSR count). The fourth-order valence-corrected chi connectivity index (χ4v) is 3.14. The highest BCUT2D eigenvalue weighted by atomic mass is 35.5. The van der Waals surface area contributed by atoms with E-state index in [2.05, 4.69) is 10.5 Å². The molecule has 1 aromatic carbocycles. The minimum Gasteiger partial charge on any atom is -0.450 e. The van der Waals surface area contributed by atoms with Gasteiger partial charge in [-0.2, -0.15) is 0 Å². The monoisotopic (exact) mass is 391 g/mol. The smallest absolute Gasteiger partial charge is 0.409 e. The first-order chi connectivity index (χ1) is 13.0. The first kappa shape index (κ1) is 19.2. The predicted octanol–water partition coefficient (Wildman–Crippen LogP) is 3.27. The number of ether oxygens (including phenoxy) is 1. The molecule has 0 bridgehead atoms. The second-order valence-corrected chi connectivity index (χ2v) is 6.83. The van der Waals surface area contributed by atoms with Gasteiger partial charge in [-0.3, -0.25) is 4.79 Å². The number of piperidine rings is 1. The molecular weight excluding hydrogens is 370 g/mol. The Morgan fingerprint density at radius 1 is 1.30 bits per heavy atom. The van der Waals surface area contributed by atoms with E-state index in [1.807, 2.05) is 12.1 Å². The molecule has 2 aromatic rings. The molecule has 0 radical (unpaired) electrons. The van der Waals surface area contributed by atoms with Crippen LogP contribution in [0.3, 0.4) is 0 Å². The molecule has 2 heterocycles. The molecule has 0 aliphatic carbocycles. The Labute approximate surface area is 162 Å². The lowest BCUT2D eigenvalue weighted by atomic mass is 10.1. The summed E-state index contributed by atoms with van der Waals surface area (Å²) in [4.78, 5) is 25.6. The maximum atomic E-state index is 12.3. The van der Waals surface area contributed by atoms with Gasteiger partial charge in [0.1, 0.15) is 0 Å². The number of likely N-dealkylation sites (tertiary alicyclic amines) is 1. The Kier molecular flexibility index (Phi) is 6.34. The van der Waals surface area contributed by atoms with E-state index in [0.29, 0.717) is 49.0 Å². The van der Waals surface area contributed by atoms with Crippen molar-refractivity contribution in [3.05, 3.63) is 41.0 Å². The van der Waals surface area contributed by atoms with Gasteiger partial charge in [0, 0.05) is 35.8 Å². The van der Waals surface area contributed by atoms with Crippen LogP contribution in [0.2, 0.25) is 5.02 Å². The second kappa shape index (κ2) is 8.90. The summed E-state index contributed by atoms with van der Waals surface area (Å²) in [6.07, 6.45) is 1.27. The molecule has 0 atom stereocenters. The molecule has 1 aromatic heterocycles. The third-order valence-corrected chi connectivity index (χ3v) is 4.67. The summed E-state index contributed by atoms with van der Waals surface area (Å²) >= 11 is 5.88. The van der Waals surface area contributed by atoms with Crippen LogP contribution in [0.1, 0.15) is 25.5 Å². The van der Waals surface area contributed by atoms with Gasteiger partial charge in [-0.05, 0) is 44.0 Å². The number of amides is 2. The number of rotatable bonds is 5. The molecule has 0 saturated carbocycles. The van der Waals surface area contributed by atoms with Gasteiger partial charge in [-0.15, -0.1) is 0 Å². The highest BCUT2D eigenvalue weighted by molar-refractivity contribution is 6.30. The minimum atomic E-state index is -0.292. The topological polar surface area (TPSA) is 84.7 Å². The third kappa shape index (κ3) is 5.23. The van der Waals surface area contributed by atoms with Gasteiger partial charge in [0.25, 0.3) is 0 Å². The lowest BCUT2D eigenvalue weighted by Crippen LogP contribution is -2.47. The number of nitrogens with one attached hydrogen (secondary N) is 1. The van der Waals surface area contributed by atoms with Crippen LogP contribution in [0.25, 0.3) is 11.3 Å². The van der Waals surface area contributed by atoms with E-state index in [0.717, 1.165) is 5.56 Å². The van der Waals surface area contributed by atoms with Crippen molar-refractivity contribution in [1.29, 1.82) is 0 Å². The Hall–Kier alpha value is -2.54. The maximum Gasteiger partial charge on any atom is 0.409 e. The largest absolute Gasteiger partial charge is 0.450 e. The van der Waals surface area contributed by atoms with E-state index in [9.17, 15) is 9.59 Å². The van der Waals surface area contributed by atoms with E-state index in [4.69, 9.17) is 20.9 Å². The molecule has 0 spiro atoms. The van der Waals surface area contributed by atoms with E-state index < -0.39 is 0 Å². The van der Waals surface area contributed by atoms with Crippen molar-refractivity contribution in [2.45, 2.75) is 32.2 Å². The Bertz CT molecular complexity index is 783. The molecule has 1 aliphatic heterocycles. The van der Waals surface area contributed by atoms with Crippen molar-refractivity contribution in [3.8, 4) is 11.3 Å². The Morgan fingerprint density at radius 3 is 2.67 bits per heavy atom. The molecule has 8 heteroatoms. The number of hydrogen-bond donors (Lipinski definition) is 1. The average molecular weight is 392 g/mol. The van der Waals surface area contributed by atoms with Gasteiger partial charge < -0.3 is 19.5 Å². The van der Waals surface area contributed by atoms with Gasteiger partial charge in [0.15, 0.2) is 5.76 Å². The Balaban J connectivity index is 1.48. The van der Waals surface area contributed by atoms with Crippen LogP contribution in [-0.2, 0) is 16.0 Å². The number of aromatic nitrogens is 1. The predicted molar refractivity (Wildman–Crippen MR) is 100 cm³/mol. The number of benzene rings is 1. The zero-order valence-electron chi connectivity index (χ0n) is 15.1. The van der Waals surface area contributed by atoms with E-state index >= 15 is 0 Å². The molecule has 1 aliphatic rings. The summed E-state index contributed by atoms with van der Waals surface area (Å²) < 4.78 is 10.3. The highest BCUT2D eigenvalue weighted by Crippen LogP contribution is 2.22. The van der Waals surface area contributed by atoms with E-state index in [1.54, 1.807) is 30.0 Å². The molecule has 1 N–H and O–H groups in total. The molecule has 27 heavy (non-hydrogen) atoms. The second-order valence-electron chi connectivity index (χ2n) is 6.39. The first-order valence-electron chi connectivity index (χ1n) is 8.97. The number of halogens is 1. The highest BCUT2D eigenvalue weighted by Gasteiger charge is 2.24. The van der Waals surface area contributed by atoms with Crippen molar-refractivity contribution in [3.63, 3.8) is 0 Å². The fourth-order valence-electron chi connectivity index (χ4n) is 3.01. The van der Waals surface area contributed by atoms with Crippen LogP contribution >= 0.6 is 11.6 Å². The van der Waals surface area contributed by atoms with Gasteiger partial charge in [-0.1, -0.05) is 16.8 Å². The summed E-state index contributed by atoms with van der Waals surface area (Å²) in [6, 6.07) is 9.02. The molecular formula is C19H22ClN3O4. The van der Waals surface area contributed by atoms with Crippen LogP contribution in [-0.4, -0.2) is 47.8 Å². The fraction of sp³-hybridized carbons (Fsp3) is 0.421. The summed E-state index contributed by atoms with van der Waals surface area (Å²) in [5.41, 5.74) is 1.42. The van der Waals surface area contributed by atoms with Crippen molar-refractivity contribution in [2.75, 3.05) is 19.7 Å². The van der Waals surface area contributed by atoms with Crippen LogP contribution < -0.4 is 5.32 Å². The van der Waals surface area contributed by atoms with Crippen LogP contribution in [0, 0.1) is 0 Å². The van der Waals surface area contributed by atoms with Crippen LogP contribution in [0.4, 0.5) is 4.79 Å². The molecule has 1 saturated heterocycles. The number of hydrogen-bond acceptors (Lipinski definition) is 5. The average Bonchev–Trinajstić information content (AvgIpc) is 3.11. The zero-order chi connectivity index (χ0) is 19.2. The van der Waals surface area contributed by atoms with Gasteiger partial charge in [0.05, 0.1) is 18.7 Å². The van der Waals surface area contributed by atoms with Crippen molar-refractivity contribution in [1.82, 2.24) is 15.4 Å². The summed E-state index contributed by atoms with van der Waals surface area (Å²) in [5.74, 6) is 0.484. The van der Waals surface area contributed by atoms with E-state index in [-0.39, 0.29) is 24.5 Å². The Morgan fingerprint density at radius 2 is 2.00 bits per heavy atom. The standard InChI is InChI=1S/C19H22ClN3O4/c1-2-26-19(25)23-9-7-15(8-10-23)21-18(24)12-16-11-17(27-22-16)13-3-5-14(20)6-4-13/h3-6,11,15H,2,7-10,12H2,1H3,(H,21,24). The third-order valence-electron chi connectivity index (χ3n) is 4.42. The number of carbonyl (C=O) groups excluding carboxylic acids is 2. The van der Waals surface area contributed by atoms with E-state index in [1.165, 1.54) is 0 Å². The molecule has 7 nitrogen and oxygen atoms in total. The molecule has 2 amide bonds. The van der Waals surface area contributed by atoms with Gasteiger partial charge in [0.2, 0.25) is 5.91 Å². The molecule has 0 unspecified atom stereocenters. The SMILES string of the molecule is CCOC(=O)N1CCC(NC(=O)Cc2cc(-c3ccc(Cl)cc3)on2)CC1. The molecule has 144 valence electrons. The normalized spacial score (nSPS) is 14.8. The van der Waals surface area contributed by atoms with Crippen molar-refractivity contribution >= 4 is 23.6 Å². The minimum absolute atomic E-state index is 0.0470. The number of nitrogens with zero attached hydrogens (tertiary/aromatic N) is 2. The lowest BCUT2D eigenvalue weighted by Gasteiger charge is -2.31. The van der Waals surface area contributed by atoms with Crippen LogP contribution in [0.5, 0.6) is 0 Å².